The van der Waals surface area contributed by atoms with Gasteiger partial charge >= 0.3 is 0 Å². The van der Waals surface area contributed by atoms with E-state index in [0.29, 0.717) is 13.0 Å². The molecule has 0 spiro atoms. The van der Waals surface area contributed by atoms with Gasteiger partial charge in [-0.1, -0.05) is 30.2 Å². The highest BCUT2D eigenvalue weighted by atomic mass is 35.5. The molecule has 0 saturated carbocycles. The number of carbonyl (C=O) groups is 2. The monoisotopic (exact) mass is 377 g/mol. The summed E-state index contributed by atoms with van der Waals surface area (Å²) < 4.78 is 0. The Bertz CT molecular complexity index is 612. The number of halogens is 1. The molecule has 142 valence electrons. The van der Waals surface area contributed by atoms with Crippen LogP contribution in [0.25, 0.3) is 0 Å². The average molecular weight is 378 g/mol. The molecule has 3 rings (SSSR count). The van der Waals surface area contributed by atoms with E-state index >= 15 is 0 Å². The summed E-state index contributed by atoms with van der Waals surface area (Å²) in [5.41, 5.74) is 1.26. The number of piperidine rings is 1. The molecule has 0 radical (unpaired) electrons. The third-order valence-corrected chi connectivity index (χ3v) is 5.53. The van der Waals surface area contributed by atoms with Gasteiger partial charge in [-0.15, -0.1) is 0 Å². The molecule has 5 nitrogen and oxygen atoms in total. The minimum Gasteiger partial charge on any atom is -0.352 e. The fourth-order valence-corrected chi connectivity index (χ4v) is 3.86. The second kappa shape index (κ2) is 9.38. The molecule has 0 bridgehead atoms. The van der Waals surface area contributed by atoms with Crippen molar-refractivity contribution in [3.05, 3.63) is 34.9 Å². The molecule has 0 atom stereocenters. The minimum atomic E-state index is -0.0172. The summed E-state index contributed by atoms with van der Waals surface area (Å²) in [6.07, 6.45) is 5.51. The molecule has 1 N–H and O–H groups in total. The van der Waals surface area contributed by atoms with Crippen LogP contribution in [0.4, 0.5) is 0 Å². The first-order chi connectivity index (χ1) is 12.6. The van der Waals surface area contributed by atoms with E-state index in [1.54, 1.807) is 4.90 Å². The van der Waals surface area contributed by atoms with Crippen LogP contribution < -0.4 is 5.32 Å². The van der Waals surface area contributed by atoms with E-state index in [9.17, 15) is 9.59 Å². The normalized spacial score (nSPS) is 20.0. The molecule has 26 heavy (non-hydrogen) atoms. The predicted octanol–water partition coefficient (Wildman–Crippen LogP) is 2.82. The SMILES string of the molecule is O=C(CN1CCCCCC1=O)NC1CCN(Cc2ccc(Cl)cc2)CC1. The van der Waals surface area contributed by atoms with E-state index in [4.69, 9.17) is 11.6 Å². The number of hydrogen-bond donors (Lipinski definition) is 1. The third-order valence-electron chi connectivity index (χ3n) is 5.28. The quantitative estimate of drug-likeness (QED) is 0.858. The summed E-state index contributed by atoms with van der Waals surface area (Å²) in [5, 5.41) is 3.88. The van der Waals surface area contributed by atoms with Gasteiger partial charge in [0, 0.05) is 43.7 Å². The summed E-state index contributed by atoms with van der Waals surface area (Å²) in [6.45, 7) is 3.78. The molecule has 2 amide bonds. The number of rotatable bonds is 5. The van der Waals surface area contributed by atoms with Crippen LogP contribution in [0, 0.1) is 0 Å². The van der Waals surface area contributed by atoms with Crippen LogP contribution in [0.3, 0.4) is 0 Å². The zero-order valence-corrected chi connectivity index (χ0v) is 16.0. The van der Waals surface area contributed by atoms with Crippen LogP contribution >= 0.6 is 11.6 Å². The summed E-state index contributed by atoms with van der Waals surface area (Å²) in [7, 11) is 0. The standard InChI is InChI=1S/C20H28ClN3O2/c21-17-7-5-16(6-8-17)14-23-12-9-18(10-13-23)22-19(25)15-24-11-3-1-2-4-20(24)26/h5-8,18H,1-4,9-15H2,(H,22,25). The molecular weight excluding hydrogens is 350 g/mol. The van der Waals surface area contributed by atoms with Crippen molar-refractivity contribution in [2.75, 3.05) is 26.2 Å². The van der Waals surface area contributed by atoms with Gasteiger partial charge in [-0.05, 0) is 43.4 Å². The van der Waals surface area contributed by atoms with Crippen LogP contribution in [0.2, 0.25) is 5.02 Å². The number of carbonyl (C=O) groups excluding carboxylic acids is 2. The van der Waals surface area contributed by atoms with Gasteiger partial charge in [0.2, 0.25) is 11.8 Å². The molecule has 1 aromatic rings. The Morgan fingerprint density at radius 3 is 2.54 bits per heavy atom. The molecule has 2 fully saturated rings. The maximum Gasteiger partial charge on any atom is 0.239 e. The number of amides is 2. The Balaban J connectivity index is 1.39. The fourth-order valence-electron chi connectivity index (χ4n) is 3.74. The Morgan fingerprint density at radius 2 is 1.81 bits per heavy atom. The smallest absolute Gasteiger partial charge is 0.239 e. The van der Waals surface area contributed by atoms with E-state index in [0.717, 1.165) is 56.8 Å². The number of nitrogens with zero attached hydrogens (tertiary/aromatic N) is 2. The molecule has 2 aliphatic heterocycles. The molecule has 6 heteroatoms. The van der Waals surface area contributed by atoms with Gasteiger partial charge in [0.05, 0.1) is 6.54 Å². The Hall–Kier alpha value is -1.59. The van der Waals surface area contributed by atoms with E-state index in [-0.39, 0.29) is 24.4 Å². The molecular formula is C20H28ClN3O2. The van der Waals surface area contributed by atoms with Crippen LogP contribution in [-0.4, -0.2) is 53.8 Å². The lowest BCUT2D eigenvalue weighted by molar-refractivity contribution is -0.135. The van der Waals surface area contributed by atoms with Crippen molar-refractivity contribution in [2.45, 2.75) is 51.1 Å². The van der Waals surface area contributed by atoms with Crippen LogP contribution in [0.15, 0.2) is 24.3 Å². The first kappa shape index (κ1) is 19.2. The highest BCUT2D eigenvalue weighted by Crippen LogP contribution is 2.16. The summed E-state index contributed by atoms with van der Waals surface area (Å²) in [4.78, 5) is 28.4. The van der Waals surface area contributed by atoms with Crippen LogP contribution in [0.1, 0.15) is 44.1 Å². The summed E-state index contributed by atoms with van der Waals surface area (Å²) >= 11 is 5.93. The van der Waals surface area contributed by atoms with Gasteiger partial charge in [0.15, 0.2) is 0 Å². The van der Waals surface area contributed by atoms with Crippen molar-refractivity contribution in [1.29, 1.82) is 0 Å². The van der Waals surface area contributed by atoms with E-state index in [2.05, 4.69) is 22.3 Å². The number of nitrogens with one attached hydrogen (secondary N) is 1. The van der Waals surface area contributed by atoms with Gasteiger partial charge in [-0.3, -0.25) is 14.5 Å². The van der Waals surface area contributed by atoms with Crippen molar-refractivity contribution in [3.63, 3.8) is 0 Å². The average Bonchev–Trinajstić information content (AvgIpc) is 2.83. The fraction of sp³-hybridized carbons (Fsp3) is 0.600. The zero-order chi connectivity index (χ0) is 18.4. The first-order valence-electron chi connectivity index (χ1n) is 9.64. The van der Waals surface area contributed by atoms with Crippen molar-refractivity contribution in [3.8, 4) is 0 Å². The van der Waals surface area contributed by atoms with Crippen LogP contribution in [0.5, 0.6) is 0 Å². The number of benzene rings is 1. The molecule has 0 unspecified atom stereocenters. The summed E-state index contributed by atoms with van der Waals surface area (Å²) in [6, 6.07) is 8.19. The lowest BCUT2D eigenvalue weighted by Gasteiger charge is -2.32. The lowest BCUT2D eigenvalue weighted by Crippen LogP contribution is -2.48. The molecule has 1 aromatic carbocycles. The second-order valence-electron chi connectivity index (χ2n) is 7.37. The highest BCUT2D eigenvalue weighted by molar-refractivity contribution is 6.30. The molecule has 2 aliphatic rings. The zero-order valence-electron chi connectivity index (χ0n) is 15.3. The molecule has 2 heterocycles. The predicted molar refractivity (Wildman–Crippen MR) is 103 cm³/mol. The van der Waals surface area contributed by atoms with Crippen molar-refractivity contribution in [2.24, 2.45) is 0 Å². The van der Waals surface area contributed by atoms with Crippen molar-refractivity contribution < 1.29 is 9.59 Å². The van der Waals surface area contributed by atoms with Crippen molar-refractivity contribution in [1.82, 2.24) is 15.1 Å². The van der Waals surface area contributed by atoms with Gasteiger partial charge in [0.25, 0.3) is 0 Å². The second-order valence-corrected chi connectivity index (χ2v) is 7.81. The Labute approximate surface area is 160 Å². The molecule has 2 saturated heterocycles. The van der Waals surface area contributed by atoms with Gasteiger partial charge in [-0.25, -0.2) is 0 Å². The van der Waals surface area contributed by atoms with E-state index in [1.165, 1.54) is 5.56 Å². The highest BCUT2D eigenvalue weighted by Gasteiger charge is 2.23. The number of likely N-dealkylation sites (tertiary alicyclic amines) is 2. The maximum absolute atomic E-state index is 12.3. The third kappa shape index (κ3) is 5.71. The minimum absolute atomic E-state index is 0.0172. The topological polar surface area (TPSA) is 52.7 Å². The van der Waals surface area contributed by atoms with E-state index < -0.39 is 0 Å². The van der Waals surface area contributed by atoms with Gasteiger partial charge in [0.1, 0.15) is 0 Å². The van der Waals surface area contributed by atoms with Gasteiger partial charge < -0.3 is 10.2 Å². The molecule has 0 aliphatic carbocycles. The van der Waals surface area contributed by atoms with Crippen molar-refractivity contribution >= 4 is 23.4 Å². The largest absolute Gasteiger partial charge is 0.352 e. The first-order valence-corrected chi connectivity index (χ1v) is 10.0. The number of hydrogen-bond acceptors (Lipinski definition) is 3. The molecule has 0 aromatic heterocycles. The van der Waals surface area contributed by atoms with E-state index in [1.807, 2.05) is 12.1 Å². The van der Waals surface area contributed by atoms with Crippen LogP contribution in [-0.2, 0) is 16.1 Å². The summed E-state index contributed by atoms with van der Waals surface area (Å²) in [5.74, 6) is 0.104. The maximum atomic E-state index is 12.3. The lowest BCUT2D eigenvalue weighted by atomic mass is 10.0. The Morgan fingerprint density at radius 1 is 1.08 bits per heavy atom. The van der Waals surface area contributed by atoms with Gasteiger partial charge in [-0.2, -0.15) is 0 Å². The Kier molecular flexibility index (Phi) is 6.92.